The molecule has 0 spiro atoms. The zero-order valence-electron chi connectivity index (χ0n) is 19.4. The minimum absolute atomic E-state index is 0.280. The maximum Gasteiger partial charge on any atom is 0.257 e. The summed E-state index contributed by atoms with van der Waals surface area (Å²) in [4.78, 5) is 16.9. The van der Waals surface area contributed by atoms with Gasteiger partial charge in [0.25, 0.3) is 5.91 Å². The van der Waals surface area contributed by atoms with Crippen LogP contribution in [0, 0.1) is 0 Å². The van der Waals surface area contributed by atoms with Crippen molar-refractivity contribution < 1.29 is 13.2 Å². The summed E-state index contributed by atoms with van der Waals surface area (Å²) in [6, 6.07) is 5.84. The molecule has 9 nitrogen and oxygen atoms in total. The first-order valence-electron chi connectivity index (χ1n) is 11.5. The maximum atomic E-state index is 12.5. The highest BCUT2D eigenvalue weighted by atomic mass is 32.2. The van der Waals surface area contributed by atoms with Crippen molar-refractivity contribution in [1.82, 2.24) is 29.4 Å². The molecule has 0 saturated heterocycles. The number of sulfonamides is 1. The van der Waals surface area contributed by atoms with Crippen molar-refractivity contribution >= 4 is 33.0 Å². The van der Waals surface area contributed by atoms with E-state index in [1.807, 2.05) is 36.0 Å². The van der Waals surface area contributed by atoms with E-state index in [0.29, 0.717) is 5.92 Å². The van der Waals surface area contributed by atoms with Crippen molar-refractivity contribution in [3.8, 4) is 5.82 Å². The number of aromatic nitrogens is 4. The fraction of sp³-hybridized carbons (Fsp3) is 0.375. The number of pyridine rings is 1. The van der Waals surface area contributed by atoms with Crippen LogP contribution >= 0.6 is 0 Å². The van der Waals surface area contributed by atoms with Crippen LogP contribution in [0.5, 0.6) is 0 Å². The molecule has 2 N–H and O–H groups in total. The van der Waals surface area contributed by atoms with Crippen molar-refractivity contribution in [2.75, 3.05) is 12.3 Å². The Kier molecular flexibility index (Phi) is 7.16. The summed E-state index contributed by atoms with van der Waals surface area (Å²) >= 11 is 0. The first-order valence-corrected chi connectivity index (χ1v) is 13.1. The monoisotopic (exact) mass is 482 g/mol. The standard InChI is InChI=1S/C24H30N6O3S/c1-3-4-13-25-14-6-17-34(32,33)28-21(31)11-10-20-22(18-8-9-18)27-29(2)24(20)30-16-12-19-7-5-15-26-23(19)30/h5-7,10-12,14-16,18,25H,3-4,8-9,13,17H2,1-2H3,(H,28,31)/b11-10+,14-6?. The van der Waals surface area contributed by atoms with Crippen LogP contribution < -0.4 is 10.0 Å². The number of nitrogens with zero attached hydrogens (tertiary/aromatic N) is 4. The number of carbonyl (C=O) groups is 1. The number of hydrogen-bond donors (Lipinski definition) is 2. The van der Waals surface area contributed by atoms with E-state index in [0.717, 1.165) is 60.3 Å². The molecule has 1 aliphatic carbocycles. The van der Waals surface area contributed by atoms with Crippen molar-refractivity contribution in [3.05, 3.63) is 60.2 Å². The second-order valence-corrected chi connectivity index (χ2v) is 10.2. The van der Waals surface area contributed by atoms with Gasteiger partial charge < -0.3 is 5.32 Å². The van der Waals surface area contributed by atoms with E-state index in [9.17, 15) is 13.2 Å². The number of amides is 1. The Labute approximate surface area is 199 Å². The molecular formula is C24H30N6O3S. The molecule has 0 bridgehead atoms. The second-order valence-electron chi connectivity index (χ2n) is 8.41. The number of aryl methyl sites for hydroxylation is 1. The van der Waals surface area contributed by atoms with Crippen LogP contribution in [0.4, 0.5) is 0 Å². The summed E-state index contributed by atoms with van der Waals surface area (Å²) in [6.07, 6.45) is 13.8. The molecule has 0 radical (unpaired) electrons. The summed E-state index contributed by atoms with van der Waals surface area (Å²) < 4.78 is 30.3. The van der Waals surface area contributed by atoms with Gasteiger partial charge in [-0.05, 0) is 49.7 Å². The molecule has 0 unspecified atom stereocenters. The summed E-state index contributed by atoms with van der Waals surface area (Å²) in [6.45, 7) is 2.86. The van der Waals surface area contributed by atoms with Gasteiger partial charge >= 0.3 is 0 Å². The minimum Gasteiger partial charge on any atom is -0.391 e. The summed E-state index contributed by atoms with van der Waals surface area (Å²) in [5, 5.41) is 8.73. The van der Waals surface area contributed by atoms with Crippen LogP contribution in [0.25, 0.3) is 22.9 Å². The van der Waals surface area contributed by atoms with E-state index in [2.05, 4.69) is 21.9 Å². The number of nitrogens with one attached hydrogen (secondary N) is 2. The lowest BCUT2D eigenvalue weighted by Crippen LogP contribution is -2.30. The molecule has 0 atom stereocenters. The Balaban J connectivity index is 1.53. The molecule has 34 heavy (non-hydrogen) atoms. The van der Waals surface area contributed by atoms with Gasteiger partial charge in [-0.1, -0.05) is 19.4 Å². The minimum atomic E-state index is -3.78. The van der Waals surface area contributed by atoms with E-state index < -0.39 is 15.9 Å². The lowest BCUT2D eigenvalue weighted by atomic mass is 10.1. The summed E-state index contributed by atoms with van der Waals surface area (Å²) in [5.74, 6) is 0.146. The highest BCUT2D eigenvalue weighted by Gasteiger charge is 2.31. The fourth-order valence-corrected chi connectivity index (χ4v) is 4.61. The lowest BCUT2D eigenvalue weighted by Gasteiger charge is -2.07. The predicted octanol–water partition coefficient (Wildman–Crippen LogP) is 3.00. The SMILES string of the molecule is CCCCNC=CCS(=O)(=O)NC(=O)/C=C/c1c(C2CC2)nn(C)c1-n1ccc2cccnc21. The summed E-state index contributed by atoms with van der Waals surface area (Å²) in [7, 11) is -1.92. The molecule has 3 aromatic heterocycles. The lowest BCUT2D eigenvalue weighted by molar-refractivity contribution is -0.114. The number of hydrogen-bond acceptors (Lipinski definition) is 6. The van der Waals surface area contributed by atoms with Gasteiger partial charge in [-0.2, -0.15) is 5.10 Å². The Morgan fingerprint density at radius 1 is 1.29 bits per heavy atom. The van der Waals surface area contributed by atoms with E-state index in [1.54, 1.807) is 23.2 Å². The van der Waals surface area contributed by atoms with E-state index >= 15 is 0 Å². The zero-order valence-corrected chi connectivity index (χ0v) is 20.3. The van der Waals surface area contributed by atoms with Gasteiger partial charge in [0, 0.05) is 48.9 Å². The van der Waals surface area contributed by atoms with Crippen molar-refractivity contribution in [1.29, 1.82) is 0 Å². The van der Waals surface area contributed by atoms with Crippen LogP contribution in [0.1, 0.15) is 49.8 Å². The molecule has 1 saturated carbocycles. The fourth-order valence-electron chi connectivity index (χ4n) is 3.80. The van der Waals surface area contributed by atoms with E-state index in [1.165, 1.54) is 12.2 Å². The number of fused-ring (bicyclic) bond motifs is 1. The third-order valence-electron chi connectivity index (χ3n) is 5.61. The normalized spacial score (nSPS) is 14.4. The first kappa shape index (κ1) is 23.7. The Morgan fingerprint density at radius 3 is 2.88 bits per heavy atom. The van der Waals surface area contributed by atoms with Crippen LogP contribution in [0.15, 0.2) is 48.9 Å². The van der Waals surface area contributed by atoms with E-state index in [4.69, 9.17) is 5.10 Å². The van der Waals surface area contributed by atoms with Gasteiger partial charge in [-0.25, -0.2) is 18.1 Å². The molecule has 1 aliphatic rings. The molecule has 10 heteroatoms. The smallest absolute Gasteiger partial charge is 0.257 e. The van der Waals surface area contributed by atoms with Gasteiger partial charge in [0.1, 0.15) is 11.5 Å². The van der Waals surface area contributed by atoms with Gasteiger partial charge in [-0.3, -0.25) is 14.0 Å². The molecule has 0 aromatic carbocycles. The van der Waals surface area contributed by atoms with Crippen LogP contribution in [-0.2, 0) is 21.9 Å². The summed E-state index contributed by atoms with van der Waals surface area (Å²) in [5.41, 5.74) is 2.48. The molecule has 1 fully saturated rings. The molecule has 3 heterocycles. The van der Waals surface area contributed by atoms with Crippen molar-refractivity contribution in [2.45, 2.75) is 38.5 Å². The highest BCUT2D eigenvalue weighted by Crippen LogP contribution is 2.42. The predicted molar refractivity (Wildman–Crippen MR) is 133 cm³/mol. The largest absolute Gasteiger partial charge is 0.391 e. The van der Waals surface area contributed by atoms with Gasteiger partial charge in [0.2, 0.25) is 10.0 Å². The first-order chi connectivity index (χ1) is 16.4. The van der Waals surface area contributed by atoms with Gasteiger partial charge in [-0.15, -0.1) is 0 Å². The maximum absolute atomic E-state index is 12.5. The average molecular weight is 483 g/mol. The third-order valence-corrected chi connectivity index (χ3v) is 6.75. The Hall–Kier alpha value is -3.40. The van der Waals surface area contributed by atoms with Crippen molar-refractivity contribution in [3.63, 3.8) is 0 Å². The Bertz CT molecular complexity index is 1330. The molecule has 180 valence electrons. The number of rotatable bonds is 11. The molecule has 1 amide bonds. The molecule has 0 aliphatic heterocycles. The van der Waals surface area contributed by atoms with Crippen molar-refractivity contribution in [2.24, 2.45) is 7.05 Å². The Morgan fingerprint density at radius 2 is 2.12 bits per heavy atom. The van der Waals surface area contributed by atoms with Gasteiger partial charge in [0.05, 0.1) is 11.4 Å². The van der Waals surface area contributed by atoms with Crippen LogP contribution in [-0.4, -0.2) is 46.0 Å². The van der Waals surface area contributed by atoms with E-state index in [-0.39, 0.29) is 5.75 Å². The molecule has 3 aromatic rings. The zero-order chi connectivity index (χ0) is 24.1. The van der Waals surface area contributed by atoms with Crippen LogP contribution in [0.2, 0.25) is 0 Å². The third kappa shape index (κ3) is 5.56. The molecule has 4 rings (SSSR count). The molecular weight excluding hydrogens is 452 g/mol. The number of carbonyl (C=O) groups excluding carboxylic acids is 1. The second kappa shape index (κ2) is 10.3. The topological polar surface area (TPSA) is 111 Å². The average Bonchev–Trinajstić information content (AvgIpc) is 3.48. The number of unbranched alkanes of at least 4 members (excludes halogenated alkanes) is 1. The highest BCUT2D eigenvalue weighted by molar-refractivity contribution is 7.90. The van der Waals surface area contributed by atoms with Crippen LogP contribution in [0.3, 0.4) is 0 Å². The quantitative estimate of drug-likeness (QED) is 0.321. The van der Waals surface area contributed by atoms with Gasteiger partial charge in [0.15, 0.2) is 0 Å².